The quantitative estimate of drug-likeness (QED) is 0.908. The van der Waals surface area contributed by atoms with Gasteiger partial charge in [0.15, 0.2) is 9.84 Å². The minimum absolute atomic E-state index is 0.173. The molecule has 0 aliphatic carbocycles. The Labute approximate surface area is 110 Å². The predicted molar refractivity (Wildman–Crippen MR) is 66.4 cm³/mol. The Morgan fingerprint density at radius 1 is 1.26 bits per heavy atom. The lowest BCUT2D eigenvalue weighted by atomic mass is 10.2. The topological polar surface area (TPSA) is 60.2 Å². The van der Waals surface area contributed by atoms with Crippen LogP contribution in [0.5, 0.6) is 0 Å². The summed E-state index contributed by atoms with van der Waals surface area (Å²) in [5.41, 5.74) is 4.37. The minimum Gasteiger partial charge on any atom is -0.328 e. The summed E-state index contributed by atoms with van der Waals surface area (Å²) in [4.78, 5) is -0.660. The molecule has 108 valence electrons. The van der Waals surface area contributed by atoms with E-state index in [4.69, 9.17) is 5.73 Å². The summed E-state index contributed by atoms with van der Waals surface area (Å²) in [6.07, 6.45) is -3.98. The van der Waals surface area contributed by atoms with Crippen LogP contribution in [0.1, 0.15) is 25.3 Å². The molecular formula is C12H16F3NO2S. The van der Waals surface area contributed by atoms with Gasteiger partial charge in [-0.05, 0) is 31.9 Å². The van der Waals surface area contributed by atoms with Gasteiger partial charge in [0.05, 0.1) is 16.2 Å². The first-order valence-electron chi connectivity index (χ1n) is 5.79. The van der Waals surface area contributed by atoms with Gasteiger partial charge in [-0.25, -0.2) is 8.42 Å². The molecular weight excluding hydrogens is 279 g/mol. The van der Waals surface area contributed by atoms with Gasteiger partial charge in [0.25, 0.3) is 0 Å². The standard InChI is InChI=1S/C12H16F3NO2S/c1-9(16)5-4-8-19(17,18)11-7-3-2-6-10(11)12(13,14)15/h2-3,6-7,9H,4-5,8,16H2,1H3. The fourth-order valence-electron chi connectivity index (χ4n) is 1.68. The van der Waals surface area contributed by atoms with Crippen LogP contribution in [0.4, 0.5) is 13.2 Å². The number of benzene rings is 1. The van der Waals surface area contributed by atoms with Gasteiger partial charge in [0.1, 0.15) is 0 Å². The van der Waals surface area contributed by atoms with Crippen LogP contribution < -0.4 is 5.73 Å². The van der Waals surface area contributed by atoms with Crippen molar-refractivity contribution in [3.05, 3.63) is 29.8 Å². The molecule has 2 N–H and O–H groups in total. The molecule has 0 saturated heterocycles. The molecule has 0 radical (unpaired) electrons. The van der Waals surface area contributed by atoms with Crippen molar-refractivity contribution >= 4 is 9.84 Å². The molecule has 0 amide bonds. The molecule has 1 atom stereocenters. The average molecular weight is 295 g/mol. The highest BCUT2D eigenvalue weighted by molar-refractivity contribution is 7.91. The highest BCUT2D eigenvalue weighted by atomic mass is 32.2. The fourth-order valence-corrected chi connectivity index (χ4v) is 3.25. The maximum atomic E-state index is 12.7. The van der Waals surface area contributed by atoms with Gasteiger partial charge in [-0.1, -0.05) is 12.1 Å². The summed E-state index contributed by atoms with van der Waals surface area (Å²) in [6, 6.07) is 4.05. The van der Waals surface area contributed by atoms with E-state index in [0.29, 0.717) is 6.42 Å². The zero-order chi connectivity index (χ0) is 14.7. The highest BCUT2D eigenvalue weighted by Gasteiger charge is 2.36. The third-order valence-electron chi connectivity index (χ3n) is 2.60. The number of hydrogen-bond donors (Lipinski definition) is 1. The van der Waals surface area contributed by atoms with Crippen LogP contribution in [0.15, 0.2) is 29.2 Å². The second-order valence-electron chi connectivity index (χ2n) is 4.43. The van der Waals surface area contributed by atoms with E-state index in [1.165, 1.54) is 12.1 Å². The Hall–Kier alpha value is -1.08. The molecule has 0 spiro atoms. The van der Waals surface area contributed by atoms with Gasteiger partial charge >= 0.3 is 6.18 Å². The summed E-state index contributed by atoms with van der Waals surface area (Å²) >= 11 is 0. The number of halogens is 3. The van der Waals surface area contributed by atoms with Crippen molar-refractivity contribution in [1.82, 2.24) is 0 Å². The summed E-state index contributed by atoms with van der Waals surface area (Å²) in [6.45, 7) is 1.72. The highest BCUT2D eigenvalue weighted by Crippen LogP contribution is 2.34. The van der Waals surface area contributed by atoms with Crippen LogP contribution in [-0.2, 0) is 16.0 Å². The van der Waals surface area contributed by atoms with Gasteiger partial charge in [0, 0.05) is 6.04 Å². The van der Waals surface area contributed by atoms with Crippen LogP contribution in [0, 0.1) is 0 Å². The lowest BCUT2D eigenvalue weighted by Gasteiger charge is -2.13. The van der Waals surface area contributed by atoms with E-state index in [9.17, 15) is 21.6 Å². The molecule has 19 heavy (non-hydrogen) atoms. The molecule has 0 aromatic heterocycles. The Kier molecular flexibility index (Phi) is 4.98. The van der Waals surface area contributed by atoms with Crippen molar-refractivity contribution in [3.8, 4) is 0 Å². The van der Waals surface area contributed by atoms with Crippen molar-refractivity contribution in [2.24, 2.45) is 5.73 Å². The van der Waals surface area contributed by atoms with Gasteiger partial charge in [-0.3, -0.25) is 0 Å². The molecule has 0 fully saturated rings. The van der Waals surface area contributed by atoms with Crippen molar-refractivity contribution in [1.29, 1.82) is 0 Å². The molecule has 0 aliphatic heterocycles. The molecule has 1 rings (SSSR count). The van der Waals surface area contributed by atoms with Crippen LogP contribution >= 0.6 is 0 Å². The molecule has 0 saturated carbocycles. The monoisotopic (exact) mass is 295 g/mol. The Morgan fingerprint density at radius 2 is 1.84 bits per heavy atom. The molecule has 3 nitrogen and oxygen atoms in total. The third-order valence-corrected chi connectivity index (χ3v) is 4.45. The first-order chi connectivity index (χ1) is 8.64. The molecule has 1 aromatic rings. The van der Waals surface area contributed by atoms with Gasteiger partial charge in [0.2, 0.25) is 0 Å². The fraction of sp³-hybridized carbons (Fsp3) is 0.500. The first kappa shape index (κ1) is 16.0. The van der Waals surface area contributed by atoms with Gasteiger partial charge in [-0.15, -0.1) is 0 Å². The lowest BCUT2D eigenvalue weighted by Crippen LogP contribution is -2.18. The summed E-state index contributed by atoms with van der Waals surface area (Å²) < 4.78 is 62.1. The second-order valence-corrected chi connectivity index (χ2v) is 6.51. The van der Waals surface area contributed by atoms with E-state index in [2.05, 4.69) is 0 Å². The molecule has 1 aromatic carbocycles. The number of nitrogens with two attached hydrogens (primary N) is 1. The lowest BCUT2D eigenvalue weighted by molar-refractivity contribution is -0.139. The van der Waals surface area contributed by atoms with Crippen LogP contribution in [0.2, 0.25) is 0 Å². The summed E-state index contributed by atoms with van der Waals surface area (Å²) in [5, 5.41) is 0. The van der Waals surface area contributed by atoms with E-state index in [0.717, 1.165) is 12.1 Å². The SMILES string of the molecule is CC(N)CCCS(=O)(=O)c1ccccc1C(F)(F)F. The summed E-state index contributed by atoms with van der Waals surface area (Å²) in [5.74, 6) is -0.332. The molecule has 7 heteroatoms. The largest absolute Gasteiger partial charge is 0.417 e. The zero-order valence-corrected chi connectivity index (χ0v) is 11.3. The van der Waals surface area contributed by atoms with Crippen molar-refractivity contribution < 1.29 is 21.6 Å². The number of hydrogen-bond acceptors (Lipinski definition) is 3. The van der Waals surface area contributed by atoms with E-state index in [1.54, 1.807) is 6.92 Å². The Bertz CT molecular complexity index is 524. The normalized spacial score (nSPS) is 14.4. The maximum Gasteiger partial charge on any atom is 0.417 e. The second kappa shape index (κ2) is 5.92. The predicted octanol–water partition coefficient (Wildman–Crippen LogP) is 2.61. The first-order valence-corrected chi connectivity index (χ1v) is 7.44. The van der Waals surface area contributed by atoms with Gasteiger partial charge < -0.3 is 5.73 Å². The maximum absolute atomic E-state index is 12.7. The van der Waals surface area contributed by atoms with Crippen LogP contribution in [-0.4, -0.2) is 20.2 Å². The van der Waals surface area contributed by atoms with E-state index in [1.807, 2.05) is 0 Å². The van der Waals surface area contributed by atoms with Crippen molar-refractivity contribution in [2.45, 2.75) is 36.9 Å². The Morgan fingerprint density at radius 3 is 2.37 bits per heavy atom. The minimum atomic E-state index is -4.68. The zero-order valence-electron chi connectivity index (χ0n) is 10.4. The smallest absolute Gasteiger partial charge is 0.328 e. The van der Waals surface area contributed by atoms with E-state index >= 15 is 0 Å². The van der Waals surface area contributed by atoms with Crippen LogP contribution in [0.3, 0.4) is 0 Å². The molecule has 0 bridgehead atoms. The molecule has 1 unspecified atom stereocenters. The van der Waals surface area contributed by atoms with Crippen molar-refractivity contribution in [3.63, 3.8) is 0 Å². The third kappa shape index (κ3) is 4.50. The summed E-state index contributed by atoms with van der Waals surface area (Å²) in [7, 11) is -3.95. The van der Waals surface area contributed by atoms with E-state index < -0.39 is 26.5 Å². The van der Waals surface area contributed by atoms with Crippen LogP contribution in [0.25, 0.3) is 0 Å². The molecule has 0 heterocycles. The van der Waals surface area contributed by atoms with Gasteiger partial charge in [-0.2, -0.15) is 13.2 Å². The van der Waals surface area contributed by atoms with E-state index in [-0.39, 0.29) is 18.2 Å². The Balaban J connectivity index is 3.02. The molecule has 0 aliphatic rings. The number of sulfone groups is 1. The number of alkyl halides is 3. The number of rotatable bonds is 5. The average Bonchev–Trinajstić information content (AvgIpc) is 2.27. The van der Waals surface area contributed by atoms with Crippen molar-refractivity contribution in [2.75, 3.05) is 5.75 Å².